The number of Topliss-reactive ketones (excluding diaryl/α,β-unsaturated/α-hetero) is 1. The number of rotatable bonds is 5. The standard InChI is InChI=1S/C12H15BrO.C5H7Br/c1-3-5-11(13)12(14)10-7-4-6-9(2)8-10;1-3-4-5(2)6/h4,6-8,11H,3,5H2,1-2H3;3-4H,2H2,1H3/b;4-3-. The van der Waals surface area contributed by atoms with Gasteiger partial charge in [-0.3, -0.25) is 4.79 Å². The molecule has 0 saturated heterocycles. The van der Waals surface area contributed by atoms with Crippen LogP contribution in [0.5, 0.6) is 0 Å². The van der Waals surface area contributed by atoms with Crippen molar-refractivity contribution in [2.75, 3.05) is 0 Å². The summed E-state index contributed by atoms with van der Waals surface area (Å²) in [5.41, 5.74) is 1.94. The fourth-order valence-corrected chi connectivity index (χ4v) is 2.53. The molecule has 3 heteroatoms. The lowest BCUT2D eigenvalue weighted by molar-refractivity contribution is 0.0988. The third-order valence-corrected chi connectivity index (χ3v) is 3.61. The summed E-state index contributed by atoms with van der Waals surface area (Å²) < 4.78 is 0.921. The van der Waals surface area contributed by atoms with E-state index in [2.05, 4.69) is 45.4 Å². The lowest BCUT2D eigenvalue weighted by Gasteiger charge is -2.07. The van der Waals surface area contributed by atoms with E-state index < -0.39 is 0 Å². The van der Waals surface area contributed by atoms with E-state index in [4.69, 9.17) is 0 Å². The highest BCUT2D eigenvalue weighted by molar-refractivity contribution is 9.11. The van der Waals surface area contributed by atoms with Crippen molar-refractivity contribution in [1.29, 1.82) is 0 Å². The van der Waals surface area contributed by atoms with Crippen LogP contribution in [0.4, 0.5) is 0 Å². The maximum Gasteiger partial charge on any atom is 0.176 e. The van der Waals surface area contributed by atoms with Crippen molar-refractivity contribution >= 4 is 37.6 Å². The van der Waals surface area contributed by atoms with Crippen molar-refractivity contribution in [3.8, 4) is 0 Å². The molecule has 0 saturated carbocycles. The Kier molecular flexibility index (Phi) is 10.7. The number of hydrogen-bond acceptors (Lipinski definition) is 1. The zero-order valence-electron chi connectivity index (χ0n) is 12.3. The zero-order chi connectivity index (χ0) is 15.5. The summed E-state index contributed by atoms with van der Waals surface area (Å²) in [6.07, 6.45) is 5.73. The Morgan fingerprint density at radius 2 is 2.10 bits per heavy atom. The van der Waals surface area contributed by atoms with Crippen LogP contribution < -0.4 is 0 Å². The second kappa shape index (κ2) is 11.0. The first-order valence-corrected chi connectivity index (χ1v) is 8.35. The topological polar surface area (TPSA) is 17.1 Å². The summed E-state index contributed by atoms with van der Waals surface area (Å²) in [6, 6.07) is 7.74. The molecule has 0 aliphatic carbocycles. The van der Waals surface area contributed by atoms with Crippen molar-refractivity contribution < 1.29 is 4.79 Å². The molecule has 0 spiro atoms. The second-order valence-electron chi connectivity index (χ2n) is 4.44. The number of allylic oxidation sites excluding steroid dienone is 3. The van der Waals surface area contributed by atoms with Crippen molar-refractivity contribution in [2.45, 2.75) is 38.4 Å². The van der Waals surface area contributed by atoms with Crippen LogP contribution in [-0.4, -0.2) is 10.6 Å². The molecule has 0 radical (unpaired) electrons. The smallest absolute Gasteiger partial charge is 0.176 e. The van der Waals surface area contributed by atoms with Gasteiger partial charge in [0.05, 0.1) is 4.83 Å². The largest absolute Gasteiger partial charge is 0.293 e. The molecule has 0 aliphatic heterocycles. The molecule has 0 heterocycles. The highest BCUT2D eigenvalue weighted by Crippen LogP contribution is 2.15. The fourth-order valence-electron chi connectivity index (χ4n) is 1.54. The summed E-state index contributed by atoms with van der Waals surface area (Å²) in [7, 11) is 0. The number of ketones is 1. The van der Waals surface area contributed by atoms with Crippen LogP contribution >= 0.6 is 31.9 Å². The number of alkyl halides is 1. The van der Waals surface area contributed by atoms with Crippen LogP contribution in [-0.2, 0) is 0 Å². The quantitative estimate of drug-likeness (QED) is 0.325. The minimum Gasteiger partial charge on any atom is -0.293 e. The Morgan fingerprint density at radius 3 is 2.50 bits per heavy atom. The van der Waals surface area contributed by atoms with Gasteiger partial charge in [0.1, 0.15) is 0 Å². The van der Waals surface area contributed by atoms with Crippen molar-refractivity contribution in [2.24, 2.45) is 0 Å². The maximum absolute atomic E-state index is 11.8. The molecule has 20 heavy (non-hydrogen) atoms. The molecule has 1 atom stereocenters. The van der Waals surface area contributed by atoms with Gasteiger partial charge < -0.3 is 0 Å². The number of aryl methyl sites for hydroxylation is 1. The van der Waals surface area contributed by atoms with E-state index in [9.17, 15) is 4.79 Å². The van der Waals surface area contributed by atoms with Crippen LogP contribution in [0, 0.1) is 6.92 Å². The van der Waals surface area contributed by atoms with Gasteiger partial charge in [-0.2, -0.15) is 0 Å². The fraction of sp³-hybridized carbons (Fsp3) is 0.353. The minimum atomic E-state index is -0.0331. The van der Waals surface area contributed by atoms with E-state index in [1.807, 2.05) is 50.3 Å². The Bertz CT molecular complexity index is 464. The molecule has 0 amide bonds. The maximum atomic E-state index is 11.8. The Labute approximate surface area is 139 Å². The average molecular weight is 402 g/mol. The molecule has 110 valence electrons. The Balaban J connectivity index is 0.000000511. The molecule has 0 N–H and O–H groups in total. The minimum absolute atomic E-state index is 0.0331. The first-order valence-electron chi connectivity index (χ1n) is 6.64. The van der Waals surface area contributed by atoms with Crippen molar-refractivity contribution in [3.05, 3.63) is 58.6 Å². The average Bonchev–Trinajstić information content (AvgIpc) is 2.38. The lowest BCUT2D eigenvalue weighted by atomic mass is 10.0. The Morgan fingerprint density at radius 1 is 1.45 bits per heavy atom. The molecule has 1 nitrogen and oxygen atoms in total. The Hall–Kier alpha value is -0.670. The summed E-state index contributed by atoms with van der Waals surface area (Å²) in [5.74, 6) is 0.190. The van der Waals surface area contributed by atoms with E-state index in [0.717, 1.165) is 28.5 Å². The predicted molar refractivity (Wildman–Crippen MR) is 96.0 cm³/mol. The van der Waals surface area contributed by atoms with Gasteiger partial charge in [0.25, 0.3) is 0 Å². The molecular weight excluding hydrogens is 380 g/mol. The predicted octanol–water partition coefficient (Wildman–Crippen LogP) is 6.21. The van der Waals surface area contributed by atoms with E-state index in [1.165, 1.54) is 0 Å². The number of halogens is 2. The number of hydrogen-bond donors (Lipinski definition) is 0. The zero-order valence-corrected chi connectivity index (χ0v) is 15.5. The molecule has 0 aliphatic rings. The number of carbonyl (C=O) groups is 1. The third-order valence-electron chi connectivity index (χ3n) is 2.48. The van der Waals surface area contributed by atoms with E-state index in [1.54, 1.807) is 0 Å². The molecule has 0 fully saturated rings. The van der Waals surface area contributed by atoms with Crippen molar-refractivity contribution in [3.63, 3.8) is 0 Å². The molecule has 1 rings (SSSR count). The van der Waals surface area contributed by atoms with E-state index in [0.29, 0.717) is 0 Å². The van der Waals surface area contributed by atoms with Gasteiger partial charge in [-0.1, -0.05) is 87.7 Å². The molecule has 0 aromatic heterocycles. The summed E-state index contributed by atoms with van der Waals surface area (Å²) in [5, 5.41) is 0. The highest BCUT2D eigenvalue weighted by Gasteiger charge is 2.15. The lowest BCUT2D eigenvalue weighted by Crippen LogP contribution is -2.13. The SMILES string of the molecule is C=C(Br)/C=C\C.CCCC(Br)C(=O)c1cccc(C)c1. The molecule has 1 aromatic rings. The van der Waals surface area contributed by atoms with E-state index >= 15 is 0 Å². The van der Waals surface area contributed by atoms with Gasteiger partial charge >= 0.3 is 0 Å². The first kappa shape index (κ1) is 19.3. The van der Waals surface area contributed by atoms with Gasteiger partial charge in [0.2, 0.25) is 0 Å². The second-order valence-corrected chi connectivity index (χ2v) is 6.56. The van der Waals surface area contributed by atoms with Gasteiger partial charge in [0.15, 0.2) is 5.78 Å². The molecule has 1 unspecified atom stereocenters. The van der Waals surface area contributed by atoms with Crippen LogP contribution in [0.3, 0.4) is 0 Å². The van der Waals surface area contributed by atoms with Crippen molar-refractivity contribution in [1.82, 2.24) is 0 Å². The van der Waals surface area contributed by atoms with Gasteiger partial charge in [-0.05, 0) is 26.3 Å². The monoisotopic (exact) mass is 400 g/mol. The summed E-state index contributed by atoms with van der Waals surface area (Å²) >= 11 is 6.57. The summed E-state index contributed by atoms with van der Waals surface area (Å²) in [4.78, 5) is 11.8. The molecule has 0 bridgehead atoms. The van der Waals surface area contributed by atoms with Gasteiger partial charge in [-0.25, -0.2) is 0 Å². The van der Waals surface area contributed by atoms with Crippen LogP contribution in [0.1, 0.15) is 42.6 Å². The summed E-state index contributed by atoms with van der Waals surface area (Å²) in [6.45, 7) is 9.61. The third kappa shape index (κ3) is 8.49. The van der Waals surface area contributed by atoms with Gasteiger partial charge in [0, 0.05) is 10.0 Å². The molecule has 1 aromatic carbocycles. The van der Waals surface area contributed by atoms with Crippen LogP contribution in [0.2, 0.25) is 0 Å². The first-order chi connectivity index (χ1) is 9.42. The van der Waals surface area contributed by atoms with Crippen LogP contribution in [0.15, 0.2) is 47.5 Å². The molecular formula is C17H22Br2O. The number of benzene rings is 1. The number of carbonyl (C=O) groups excluding carboxylic acids is 1. The van der Waals surface area contributed by atoms with Crippen LogP contribution in [0.25, 0.3) is 0 Å². The van der Waals surface area contributed by atoms with E-state index in [-0.39, 0.29) is 10.6 Å². The van der Waals surface area contributed by atoms with Gasteiger partial charge in [-0.15, -0.1) is 0 Å². The normalized spacial score (nSPS) is 11.7. The highest BCUT2D eigenvalue weighted by atomic mass is 79.9.